The van der Waals surface area contributed by atoms with Gasteiger partial charge >= 0.3 is 0 Å². The van der Waals surface area contributed by atoms with Crippen LogP contribution >= 0.6 is 11.3 Å². The number of nitrogens with one attached hydrogen (secondary N) is 1. The molecule has 0 saturated carbocycles. The molecule has 0 radical (unpaired) electrons. The Morgan fingerprint density at radius 2 is 2.15 bits per heavy atom. The van der Waals surface area contributed by atoms with Gasteiger partial charge in [0.05, 0.1) is 0 Å². The van der Waals surface area contributed by atoms with Gasteiger partial charge in [-0.05, 0) is 26.0 Å². The Balaban J connectivity index is 2.94. The standard InChI is InChI=1S/C8H11NO2S2/c1-3-6-9-13(10,11)8-5-4-7(2)12-8/h3-6,9H,1-2H3/b6-3-. The highest BCUT2D eigenvalue weighted by Gasteiger charge is 2.13. The number of rotatable bonds is 3. The van der Waals surface area contributed by atoms with Gasteiger partial charge in [-0.2, -0.15) is 0 Å². The van der Waals surface area contributed by atoms with Crippen LogP contribution in [0.15, 0.2) is 28.6 Å². The van der Waals surface area contributed by atoms with E-state index in [2.05, 4.69) is 4.72 Å². The molecule has 0 bridgehead atoms. The fourth-order valence-electron chi connectivity index (χ4n) is 0.772. The Morgan fingerprint density at radius 3 is 2.62 bits per heavy atom. The van der Waals surface area contributed by atoms with Crippen LogP contribution in [0.3, 0.4) is 0 Å². The molecule has 0 spiro atoms. The largest absolute Gasteiger partial charge is 0.286 e. The van der Waals surface area contributed by atoms with E-state index in [4.69, 9.17) is 0 Å². The second-order valence-corrected chi connectivity index (χ2v) is 5.72. The van der Waals surface area contributed by atoms with Crippen molar-refractivity contribution in [2.75, 3.05) is 0 Å². The Labute approximate surface area is 82.2 Å². The lowest BCUT2D eigenvalue weighted by atomic mass is 10.5. The third kappa shape index (κ3) is 2.57. The van der Waals surface area contributed by atoms with Gasteiger partial charge in [0.15, 0.2) is 0 Å². The summed E-state index contributed by atoms with van der Waals surface area (Å²) < 4.78 is 25.6. The third-order valence-electron chi connectivity index (χ3n) is 1.37. The van der Waals surface area contributed by atoms with Gasteiger partial charge in [0, 0.05) is 11.1 Å². The van der Waals surface area contributed by atoms with E-state index in [0.717, 1.165) is 4.88 Å². The lowest BCUT2D eigenvalue weighted by molar-refractivity contribution is 0.592. The zero-order valence-electron chi connectivity index (χ0n) is 7.44. The number of sulfonamides is 1. The molecule has 0 amide bonds. The van der Waals surface area contributed by atoms with Crippen LogP contribution in [0.4, 0.5) is 0 Å². The molecule has 72 valence electrons. The molecule has 0 unspecified atom stereocenters. The first-order chi connectivity index (χ1) is 6.06. The van der Waals surface area contributed by atoms with Crippen molar-refractivity contribution in [3.63, 3.8) is 0 Å². The van der Waals surface area contributed by atoms with E-state index < -0.39 is 10.0 Å². The summed E-state index contributed by atoms with van der Waals surface area (Å²) in [5, 5.41) is 0. The van der Waals surface area contributed by atoms with E-state index in [9.17, 15) is 8.42 Å². The Morgan fingerprint density at radius 1 is 1.46 bits per heavy atom. The third-order valence-corrected chi connectivity index (χ3v) is 4.19. The predicted molar refractivity (Wildman–Crippen MR) is 54.2 cm³/mol. The molecular weight excluding hydrogens is 206 g/mol. The molecule has 0 saturated heterocycles. The van der Waals surface area contributed by atoms with Gasteiger partial charge in [-0.15, -0.1) is 11.3 Å². The molecule has 0 aliphatic heterocycles. The minimum atomic E-state index is -3.32. The van der Waals surface area contributed by atoms with Gasteiger partial charge in [-0.1, -0.05) is 6.08 Å². The second-order valence-electron chi connectivity index (χ2n) is 2.49. The lowest BCUT2D eigenvalue weighted by Crippen LogP contribution is -2.16. The summed E-state index contributed by atoms with van der Waals surface area (Å²) in [7, 11) is -3.32. The van der Waals surface area contributed by atoms with Crippen LogP contribution in [-0.4, -0.2) is 8.42 Å². The van der Waals surface area contributed by atoms with E-state index in [-0.39, 0.29) is 0 Å². The Kier molecular flexibility index (Phi) is 3.11. The normalized spacial score (nSPS) is 12.2. The molecule has 1 rings (SSSR count). The molecule has 1 N–H and O–H groups in total. The van der Waals surface area contributed by atoms with Crippen molar-refractivity contribution in [1.29, 1.82) is 0 Å². The SMILES string of the molecule is C/C=C\NS(=O)(=O)c1ccc(C)s1. The van der Waals surface area contributed by atoms with Crippen molar-refractivity contribution >= 4 is 21.4 Å². The first-order valence-corrected chi connectivity index (χ1v) is 6.06. The van der Waals surface area contributed by atoms with Crippen molar-refractivity contribution in [3.05, 3.63) is 29.3 Å². The highest BCUT2D eigenvalue weighted by Crippen LogP contribution is 2.19. The fourth-order valence-corrected chi connectivity index (χ4v) is 3.02. The number of hydrogen-bond donors (Lipinski definition) is 1. The summed E-state index contributed by atoms with van der Waals surface area (Å²) in [6, 6.07) is 3.39. The average molecular weight is 217 g/mol. The fraction of sp³-hybridized carbons (Fsp3) is 0.250. The highest BCUT2D eigenvalue weighted by atomic mass is 32.2. The summed E-state index contributed by atoms with van der Waals surface area (Å²) in [4.78, 5) is 0.987. The summed E-state index contributed by atoms with van der Waals surface area (Å²) in [5.41, 5.74) is 0. The Bertz CT molecular complexity index is 404. The van der Waals surface area contributed by atoms with Crippen LogP contribution in [0.2, 0.25) is 0 Å². The van der Waals surface area contributed by atoms with Crippen LogP contribution in [0.1, 0.15) is 11.8 Å². The number of thiophene rings is 1. The monoisotopic (exact) mass is 217 g/mol. The van der Waals surface area contributed by atoms with E-state index in [1.54, 1.807) is 25.1 Å². The average Bonchev–Trinajstić information content (AvgIpc) is 2.49. The summed E-state index contributed by atoms with van der Waals surface area (Å²) in [5.74, 6) is 0. The smallest absolute Gasteiger partial charge is 0.270 e. The molecule has 0 aliphatic carbocycles. The maximum atomic E-state index is 11.5. The van der Waals surface area contributed by atoms with Crippen molar-refractivity contribution in [2.24, 2.45) is 0 Å². The zero-order chi connectivity index (χ0) is 9.90. The minimum Gasteiger partial charge on any atom is -0.286 e. The Hall–Kier alpha value is -0.810. The topological polar surface area (TPSA) is 46.2 Å². The highest BCUT2D eigenvalue weighted by molar-refractivity contribution is 7.91. The molecular formula is C8H11NO2S2. The molecule has 0 aromatic carbocycles. The summed E-state index contributed by atoms with van der Waals surface area (Å²) >= 11 is 1.26. The van der Waals surface area contributed by atoms with Gasteiger partial charge in [0.2, 0.25) is 0 Å². The molecule has 13 heavy (non-hydrogen) atoms. The van der Waals surface area contributed by atoms with Crippen LogP contribution < -0.4 is 4.72 Å². The lowest BCUT2D eigenvalue weighted by Gasteiger charge is -1.98. The van der Waals surface area contributed by atoms with E-state index in [0.29, 0.717) is 4.21 Å². The second kappa shape index (κ2) is 3.93. The predicted octanol–water partition coefficient (Wildman–Crippen LogP) is 1.87. The van der Waals surface area contributed by atoms with E-state index >= 15 is 0 Å². The molecule has 5 heteroatoms. The van der Waals surface area contributed by atoms with Crippen molar-refractivity contribution in [3.8, 4) is 0 Å². The number of allylic oxidation sites excluding steroid dienone is 1. The molecule has 0 fully saturated rings. The quantitative estimate of drug-likeness (QED) is 0.840. The number of aryl methyl sites for hydroxylation is 1. The first-order valence-electron chi connectivity index (χ1n) is 3.76. The van der Waals surface area contributed by atoms with Gasteiger partial charge in [-0.3, -0.25) is 4.72 Å². The maximum absolute atomic E-state index is 11.5. The van der Waals surface area contributed by atoms with Gasteiger partial charge in [0.1, 0.15) is 4.21 Å². The first kappa shape index (κ1) is 10.3. The molecule has 0 aliphatic rings. The van der Waals surface area contributed by atoms with Crippen molar-refractivity contribution < 1.29 is 8.42 Å². The maximum Gasteiger partial charge on any atom is 0.270 e. The molecule has 0 atom stereocenters. The molecule has 1 heterocycles. The molecule has 1 aromatic heterocycles. The van der Waals surface area contributed by atoms with E-state index in [1.165, 1.54) is 17.5 Å². The van der Waals surface area contributed by atoms with Gasteiger partial charge < -0.3 is 0 Å². The van der Waals surface area contributed by atoms with Gasteiger partial charge in [0.25, 0.3) is 10.0 Å². The van der Waals surface area contributed by atoms with Crippen LogP contribution in [0.25, 0.3) is 0 Å². The minimum absolute atomic E-state index is 0.350. The molecule has 3 nitrogen and oxygen atoms in total. The van der Waals surface area contributed by atoms with Crippen LogP contribution in [-0.2, 0) is 10.0 Å². The van der Waals surface area contributed by atoms with Crippen LogP contribution in [0.5, 0.6) is 0 Å². The van der Waals surface area contributed by atoms with Crippen LogP contribution in [0, 0.1) is 6.92 Å². The number of hydrogen-bond acceptors (Lipinski definition) is 3. The summed E-state index contributed by atoms with van der Waals surface area (Å²) in [6.07, 6.45) is 3.04. The summed E-state index contributed by atoms with van der Waals surface area (Å²) in [6.45, 7) is 3.63. The zero-order valence-corrected chi connectivity index (χ0v) is 9.08. The van der Waals surface area contributed by atoms with E-state index in [1.807, 2.05) is 6.92 Å². The molecule has 1 aromatic rings. The van der Waals surface area contributed by atoms with Gasteiger partial charge in [-0.25, -0.2) is 8.42 Å². The van der Waals surface area contributed by atoms with Crippen molar-refractivity contribution in [2.45, 2.75) is 18.1 Å². The van der Waals surface area contributed by atoms with Crippen molar-refractivity contribution in [1.82, 2.24) is 4.72 Å².